The summed E-state index contributed by atoms with van der Waals surface area (Å²) in [6.45, 7) is 4.36. The van der Waals surface area contributed by atoms with Crippen LogP contribution in [0.5, 0.6) is 0 Å². The fourth-order valence-electron chi connectivity index (χ4n) is 3.52. The summed E-state index contributed by atoms with van der Waals surface area (Å²) in [5.41, 5.74) is 6.60. The van der Waals surface area contributed by atoms with Crippen LogP contribution in [0.4, 0.5) is 5.69 Å². The van der Waals surface area contributed by atoms with Crippen LogP contribution in [0.15, 0.2) is 54.6 Å². The fraction of sp³-hybridized carbons (Fsp3) is 0.250. The Morgan fingerprint density at radius 3 is 2.45 bits per heavy atom. The number of anilines is 1. The van der Waals surface area contributed by atoms with Gasteiger partial charge in [0.25, 0.3) is 0 Å². The molecule has 0 fully saturated rings. The molecule has 0 radical (unpaired) electrons. The van der Waals surface area contributed by atoms with E-state index in [1.165, 1.54) is 27.9 Å². The first-order chi connectivity index (χ1) is 10.8. The van der Waals surface area contributed by atoms with Gasteiger partial charge in [0.1, 0.15) is 0 Å². The molecule has 0 spiro atoms. The molecule has 0 amide bonds. The van der Waals surface area contributed by atoms with Crippen LogP contribution in [0.25, 0.3) is 10.9 Å². The first kappa shape index (κ1) is 13.3. The molecule has 0 atom stereocenters. The molecule has 0 aliphatic carbocycles. The summed E-state index contributed by atoms with van der Waals surface area (Å²) >= 11 is 0. The van der Waals surface area contributed by atoms with Crippen LogP contribution in [-0.4, -0.2) is 18.1 Å². The van der Waals surface area contributed by atoms with Gasteiger partial charge in [0, 0.05) is 36.3 Å². The summed E-state index contributed by atoms with van der Waals surface area (Å²) in [7, 11) is 0. The van der Waals surface area contributed by atoms with E-state index in [2.05, 4.69) is 66.4 Å². The Bertz CT molecular complexity index is 809. The number of nitrogens with zero attached hydrogens (tertiary/aromatic N) is 2. The van der Waals surface area contributed by atoms with Crippen LogP contribution in [0.2, 0.25) is 0 Å². The van der Waals surface area contributed by atoms with Crippen LogP contribution in [0, 0.1) is 6.92 Å². The lowest BCUT2D eigenvalue weighted by Gasteiger charge is -2.22. The maximum atomic E-state index is 4.94. The molecular formula is C20H20N2. The van der Waals surface area contributed by atoms with Gasteiger partial charge in [-0.1, -0.05) is 36.4 Å². The first-order valence-corrected chi connectivity index (χ1v) is 8.00. The van der Waals surface area contributed by atoms with Gasteiger partial charge < -0.3 is 4.90 Å². The topological polar surface area (TPSA) is 16.1 Å². The number of rotatable bonds is 1. The molecule has 1 aliphatic heterocycles. The lowest BCUT2D eigenvalue weighted by Crippen LogP contribution is -2.25. The molecule has 0 saturated heterocycles. The second kappa shape index (κ2) is 5.45. The lowest BCUT2D eigenvalue weighted by molar-refractivity contribution is 0.802. The Labute approximate surface area is 131 Å². The van der Waals surface area contributed by atoms with Crippen molar-refractivity contribution in [2.24, 2.45) is 0 Å². The van der Waals surface area contributed by atoms with E-state index in [4.69, 9.17) is 4.98 Å². The van der Waals surface area contributed by atoms with Crippen molar-refractivity contribution in [2.45, 2.75) is 19.8 Å². The number of benzene rings is 2. The molecule has 1 aromatic heterocycles. The summed E-state index contributed by atoms with van der Waals surface area (Å²) in [6, 6.07) is 19.2. The second-order valence-electron chi connectivity index (χ2n) is 6.00. The maximum absolute atomic E-state index is 4.94. The van der Waals surface area contributed by atoms with E-state index in [0.29, 0.717) is 0 Å². The van der Waals surface area contributed by atoms with E-state index in [-0.39, 0.29) is 0 Å². The number of aromatic nitrogens is 1. The normalized spacial score (nSPS) is 14.7. The molecule has 0 N–H and O–H groups in total. The molecule has 22 heavy (non-hydrogen) atoms. The molecule has 2 heteroatoms. The molecule has 0 bridgehead atoms. The predicted molar refractivity (Wildman–Crippen MR) is 92.5 cm³/mol. The highest BCUT2D eigenvalue weighted by atomic mass is 15.1. The second-order valence-corrected chi connectivity index (χ2v) is 6.00. The molecule has 4 rings (SSSR count). The summed E-state index contributed by atoms with van der Waals surface area (Å²) < 4.78 is 0. The smallest absolute Gasteiger partial charge is 0.0708 e. The summed E-state index contributed by atoms with van der Waals surface area (Å²) in [6.07, 6.45) is 2.10. The quantitative estimate of drug-likeness (QED) is 0.669. The molecule has 2 heterocycles. The zero-order chi connectivity index (χ0) is 14.9. The SMILES string of the molecule is Cc1c2c(nc3ccccc13)CCN(c1ccccc1)CC2. The molecule has 3 aromatic rings. The van der Waals surface area contributed by atoms with Gasteiger partial charge in [0.2, 0.25) is 0 Å². The first-order valence-electron chi connectivity index (χ1n) is 8.00. The van der Waals surface area contributed by atoms with Gasteiger partial charge in [-0.05, 0) is 42.7 Å². The van der Waals surface area contributed by atoms with Gasteiger partial charge in [-0.3, -0.25) is 4.98 Å². The van der Waals surface area contributed by atoms with Crippen LogP contribution in [0.1, 0.15) is 16.8 Å². The Kier molecular flexibility index (Phi) is 3.30. The molecule has 2 nitrogen and oxygen atoms in total. The van der Waals surface area contributed by atoms with E-state index in [9.17, 15) is 0 Å². The average Bonchev–Trinajstić information content (AvgIpc) is 2.79. The fourth-order valence-corrected chi connectivity index (χ4v) is 3.52. The summed E-state index contributed by atoms with van der Waals surface area (Å²) in [4.78, 5) is 7.42. The van der Waals surface area contributed by atoms with E-state index in [0.717, 1.165) is 31.4 Å². The monoisotopic (exact) mass is 288 g/mol. The Morgan fingerprint density at radius 2 is 1.59 bits per heavy atom. The molecule has 0 unspecified atom stereocenters. The third-order valence-corrected chi connectivity index (χ3v) is 4.74. The van der Waals surface area contributed by atoms with Crippen LogP contribution >= 0.6 is 0 Å². The number of hydrogen-bond donors (Lipinski definition) is 0. The number of pyridine rings is 1. The lowest BCUT2D eigenvalue weighted by atomic mass is 9.99. The van der Waals surface area contributed by atoms with E-state index >= 15 is 0 Å². The third kappa shape index (κ3) is 2.25. The highest BCUT2D eigenvalue weighted by molar-refractivity contribution is 5.83. The van der Waals surface area contributed by atoms with Crippen molar-refractivity contribution < 1.29 is 0 Å². The van der Waals surface area contributed by atoms with Gasteiger partial charge in [-0.25, -0.2) is 0 Å². The van der Waals surface area contributed by atoms with Gasteiger partial charge in [0.15, 0.2) is 0 Å². The minimum atomic E-state index is 1.02. The summed E-state index contributed by atoms with van der Waals surface area (Å²) in [5, 5.41) is 1.30. The van der Waals surface area contributed by atoms with Crippen molar-refractivity contribution in [1.29, 1.82) is 0 Å². The van der Waals surface area contributed by atoms with E-state index in [1.807, 2.05) is 0 Å². The number of para-hydroxylation sites is 2. The molecule has 110 valence electrons. The van der Waals surface area contributed by atoms with Crippen molar-refractivity contribution in [2.75, 3.05) is 18.0 Å². The largest absolute Gasteiger partial charge is 0.371 e. The minimum Gasteiger partial charge on any atom is -0.371 e. The van der Waals surface area contributed by atoms with Gasteiger partial charge >= 0.3 is 0 Å². The highest BCUT2D eigenvalue weighted by Crippen LogP contribution is 2.27. The van der Waals surface area contributed by atoms with Crippen molar-refractivity contribution in [3.63, 3.8) is 0 Å². The molecule has 1 aliphatic rings. The Hall–Kier alpha value is -2.35. The standard InChI is InChI=1S/C20H20N2/c1-15-17-9-5-6-10-19(17)21-20-12-14-22(13-11-18(15)20)16-7-3-2-4-8-16/h2-10H,11-14H2,1H3. The average molecular weight is 288 g/mol. The minimum absolute atomic E-state index is 1.02. The van der Waals surface area contributed by atoms with E-state index in [1.54, 1.807) is 0 Å². The maximum Gasteiger partial charge on any atom is 0.0708 e. The highest BCUT2D eigenvalue weighted by Gasteiger charge is 2.18. The number of aryl methyl sites for hydroxylation is 1. The zero-order valence-corrected chi connectivity index (χ0v) is 12.9. The van der Waals surface area contributed by atoms with Crippen molar-refractivity contribution >= 4 is 16.6 Å². The molecular weight excluding hydrogens is 268 g/mol. The van der Waals surface area contributed by atoms with Gasteiger partial charge in [-0.15, -0.1) is 0 Å². The Balaban J connectivity index is 1.73. The summed E-state index contributed by atoms with van der Waals surface area (Å²) in [5.74, 6) is 0. The van der Waals surface area contributed by atoms with Crippen LogP contribution < -0.4 is 4.90 Å². The van der Waals surface area contributed by atoms with Crippen molar-refractivity contribution in [3.8, 4) is 0 Å². The Morgan fingerprint density at radius 1 is 0.864 bits per heavy atom. The van der Waals surface area contributed by atoms with Crippen molar-refractivity contribution in [1.82, 2.24) is 4.98 Å². The molecule has 0 saturated carbocycles. The van der Waals surface area contributed by atoms with Gasteiger partial charge in [-0.2, -0.15) is 0 Å². The third-order valence-electron chi connectivity index (χ3n) is 4.74. The zero-order valence-electron chi connectivity index (χ0n) is 12.9. The number of fused-ring (bicyclic) bond motifs is 2. The van der Waals surface area contributed by atoms with Gasteiger partial charge in [0.05, 0.1) is 5.52 Å². The van der Waals surface area contributed by atoms with Crippen molar-refractivity contribution in [3.05, 3.63) is 71.4 Å². The predicted octanol–water partition coefficient (Wildman–Crippen LogP) is 4.15. The van der Waals surface area contributed by atoms with Crippen LogP contribution in [-0.2, 0) is 12.8 Å². The number of hydrogen-bond acceptors (Lipinski definition) is 2. The molecule has 2 aromatic carbocycles. The van der Waals surface area contributed by atoms with Crippen LogP contribution in [0.3, 0.4) is 0 Å². The van der Waals surface area contributed by atoms with E-state index < -0.39 is 0 Å².